The summed E-state index contributed by atoms with van der Waals surface area (Å²) in [5.74, 6) is 0.477. The van der Waals surface area contributed by atoms with E-state index in [0.29, 0.717) is 17.4 Å². The molecule has 0 unspecified atom stereocenters. The average molecular weight is 355 g/mol. The predicted molar refractivity (Wildman–Crippen MR) is 99.0 cm³/mol. The largest absolute Gasteiger partial charge is 0.349 e. The Labute approximate surface area is 151 Å². The number of benzene rings is 2. The van der Waals surface area contributed by atoms with Gasteiger partial charge >= 0.3 is 0 Å². The molecule has 1 amide bonds. The molecule has 1 N–H and O–H groups in total. The second-order valence-electron chi connectivity index (χ2n) is 5.63. The van der Waals surface area contributed by atoms with Crippen LogP contribution in [0, 0.1) is 0 Å². The fourth-order valence-electron chi connectivity index (χ4n) is 2.43. The van der Waals surface area contributed by atoms with E-state index < -0.39 is 0 Å². The van der Waals surface area contributed by atoms with Crippen LogP contribution in [-0.2, 0) is 0 Å². The van der Waals surface area contributed by atoms with Crippen molar-refractivity contribution in [2.24, 2.45) is 0 Å². The van der Waals surface area contributed by atoms with Gasteiger partial charge in [-0.25, -0.2) is 9.67 Å². The maximum atomic E-state index is 12.3. The quantitative estimate of drug-likeness (QED) is 0.677. The van der Waals surface area contributed by atoms with Crippen LogP contribution in [0.1, 0.15) is 30.4 Å². The Hall–Kier alpha value is -2.66. The third-order valence-corrected chi connectivity index (χ3v) is 3.95. The van der Waals surface area contributed by atoms with Gasteiger partial charge in [0, 0.05) is 17.1 Å². The van der Waals surface area contributed by atoms with Crippen molar-refractivity contribution in [2.75, 3.05) is 6.54 Å². The number of hydrogen-bond donors (Lipinski definition) is 1. The second kappa shape index (κ2) is 7.94. The van der Waals surface area contributed by atoms with Crippen molar-refractivity contribution in [3.8, 4) is 17.1 Å². The van der Waals surface area contributed by atoms with E-state index in [0.717, 1.165) is 24.1 Å². The van der Waals surface area contributed by atoms with Crippen molar-refractivity contribution < 1.29 is 4.79 Å². The number of rotatable bonds is 6. The van der Waals surface area contributed by atoms with Crippen LogP contribution in [0.5, 0.6) is 0 Å². The molecule has 25 heavy (non-hydrogen) atoms. The van der Waals surface area contributed by atoms with E-state index in [9.17, 15) is 4.79 Å². The Morgan fingerprint density at radius 1 is 1.16 bits per heavy atom. The van der Waals surface area contributed by atoms with Gasteiger partial charge in [0.25, 0.3) is 5.91 Å². The molecule has 1 heterocycles. The minimum absolute atomic E-state index is 0.148. The summed E-state index contributed by atoms with van der Waals surface area (Å²) in [5.41, 5.74) is 1.63. The predicted octanol–water partition coefficient (Wildman–Crippen LogP) is 4.12. The fourth-order valence-corrected chi connectivity index (χ4v) is 2.61. The van der Waals surface area contributed by atoms with E-state index in [2.05, 4.69) is 22.3 Å². The second-order valence-corrected chi connectivity index (χ2v) is 6.06. The van der Waals surface area contributed by atoms with E-state index in [4.69, 9.17) is 11.6 Å². The molecule has 0 spiro atoms. The maximum Gasteiger partial charge on any atom is 0.290 e. The molecular weight excluding hydrogens is 336 g/mol. The van der Waals surface area contributed by atoms with Gasteiger partial charge in [-0.15, -0.1) is 5.10 Å². The summed E-state index contributed by atoms with van der Waals surface area (Å²) >= 11 is 6.11. The van der Waals surface area contributed by atoms with Gasteiger partial charge < -0.3 is 5.32 Å². The lowest BCUT2D eigenvalue weighted by Crippen LogP contribution is -2.25. The molecule has 0 saturated carbocycles. The van der Waals surface area contributed by atoms with Crippen LogP contribution in [0.25, 0.3) is 17.1 Å². The van der Waals surface area contributed by atoms with Crippen LogP contribution >= 0.6 is 11.6 Å². The first kappa shape index (κ1) is 17.2. The summed E-state index contributed by atoms with van der Waals surface area (Å²) in [6.45, 7) is 2.69. The van der Waals surface area contributed by atoms with Crippen LogP contribution in [0.3, 0.4) is 0 Å². The van der Waals surface area contributed by atoms with Gasteiger partial charge in [-0.1, -0.05) is 61.3 Å². The molecule has 2 aromatic carbocycles. The number of nitrogens with zero attached hydrogens (tertiary/aromatic N) is 3. The van der Waals surface area contributed by atoms with Crippen molar-refractivity contribution in [1.82, 2.24) is 20.1 Å². The number of hydrogen-bond acceptors (Lipinski definition) is 3. The monoisotopic (exact) mass is 354 g/mol. The highest BCUT2D eigenvalue weighted by atomic mass is 35.5. The van der Waals surface area contributed by atoms with Gasteiger partial charge in [-0.2, -0.15) is 0 Å². The summed E-state index contributed by atoms with van der Waals surface area (Å²) in [6.07, 6.45) is 1.94. The molecule has 1 aromatic heterocycles. The Morgan fingerprint density at radius 2 is 1.96 bits per heavy atom. The number of carbonyl (C=O) groups is 1. The van der Waals surface area contributed by atoms with Crippen LogP contribution in [0.2, 0.25) is 5.02 Å². The van der Waals surface area contributed by atoms with Crippen molar-refractivity contribution in [1.29, 1.82) is 0 Å². The lowest BCUT2D eigenvalue weighted by atomic mass is 10.2. The summed E-state index contributed by atoms with van der Waals surface area (Å²) < 4.78 is 1.65. The standard InChI is InChI=1S/C19H19ClN4O/c1-2-3-12-21-19(25)17-22-18(14-8-5-4-6-9-14)24(23-17)16-11-7-10-15(20)13-16/h4-11,13H,2-3,12H2,1H3,(H,21,25). The van der Waals surface area contributed by atoms with Crippen molar-refractivity contribution >= 4 is 17.5 Å². The topological polar surface area (TPSA) is 59.8 Å². The Morgan fingerprint density at radius 3 is 2.68 bits per heavy atom. The number of amides is 1. The highest BCUT2D eigenvalue weighted by Gasteiger charge is 2.18. The van der Waals surface area contributed by atoms with Crippen molar-refractivity contribution in [2.45, 2.75) is 19.8 Å². The lowest BCUT2D eigenvalue weighted by Gasteiger charge is -2.06. The molecule has 0 bridgehead atoms. The van der Waals surface area contributed by atoms with Gasteiger partial charge in [-0.05, 0) is 24.6 Å². The molecule has 0 fully saturated rings. The molecule has 5 nitrogen and oxygen atoms in total. The number of nitrogens with one attached hydrogen (secondary N) is 1. The Kier molecular flexibility index (Phi) is 5.46. The molecule has 0 atom stereocenters. The highest BCUT2D eigenvalue weighted by molar-refractivity contribution is 6.30. The van der Waals surface area contributed by atoms with Gasteiger partial charge in [0.1, 0.15) is 0 Å². The Balaban J connectivity index is 2.01. The zero-order valence-electron chi connectivity index (χ0n) is 13.9. The average Bonchev–Trinajstić information content (AvgIpc) is 3.08. The Bertz CT molecular complexity index is 861. The molecular formula is C19H19ClN4O. The zero-order valence-corrected chi connectivity index (χ0v) is 14.7. The third-order valence-electron chi connectivity index (χ3n) is 3.71. The maximum absolute atomic E-state index is 12.3. The number of aromatic nitrogens is 3. The smallest absolute Gasteiger partial charge is 0.290 e. The molecule has 0 saturated heterocycles. The van der Waals surface area contributed by atoms with E-state index in [-0.39, 0.29) is 11.7 Å². The van der Waals surface area contributed by atoms with Crippen molar-refractivity contribution in [3.05, 3.63) is 65.4 Å². The first-order chi connectivity index (χ1) is 12.2. The van der Waals surface area contributed by atoms with E-state index in [1.165, 1.54) is 0 Å². The molecule has 128 valence electrons. The van der Waals surface area contributed by atoms with Crippen LogP contribution < -0.4 is 5.32 Å². The molecule has 6 heteroatoms. The van der Waals surface area contributed by atoms with Gasteiger partial charge in [-0.3, -0.25) is 4.79 Å². The van der Waals surface area contributed by atoms with Gasteiger partial charge in [0.05, 0.1) is 5.69 Å². The third kappa shape index (κ3) is 4.06. The summed E-state index contributed by atoms with van der Waals surface area (Å²) in [5, 5.41) is 7.86. The minimum Gasteiger partial charge on any atom is -0.349 e. The van der Waals surface area contributed by atoms with Gasteiger partial charge in [0.2, 0.25) is 5.82 Å². The van der Waals surface area contributed by atoms with E-state index in [1.807, 2.05) is 42.5 Å². The molecule has 3 aromatic rings. The van der Waals surface area contributed by atoms with E-state index in [1.54, 1.807) is 16.8 Å². The number of unbranched alkanes of at least 4 members (excludes halogenated alkanes) is 1. The molecule has 3 rings (SSSR count). The summed E-state index contributed by atoms with van der Waals surface area (Å²) in [4.78, 5) is 16.8. The van der Waals surface area contributed by atoms with Gasteiger partial charge in [0.15, 0.2) is 5.82 Å². The lowest BCUT2D eigenvalue weighted by molar-refractivity contribution is 0.0943. The van der Waals surface area contributed by atoms with E-state index >= 15 is 0 Å². The summed E-state index contributed by atoms with van der Waals surface area (Å²) in [7, 11) is 0. The normalized spacial score (nSPS) is 10.6. The molecule has 0 aliphatic carbocycles. The van der Waals surface area contributed by atoms with Crippen LogP contribution in [0.15, 0.2) is 54.6 Å². The first-order valence-corrected chi connectivity index (χ1v) is 8.63. The molecule has 0 aliphatic rings. The van der Waals surface area contributed by atoms with Crippen LogP contribution in [0.4, 0.5) is 0 Å². The molecule has 0 aliphatic heterocycles. The van der Waals surface area contributed by atoms with Crippen LogP contribution in [-0.4, -0.2) is 27.2 Å². The minimum atomic E-state index is -0.272. The first-order valence-electron chi connectivity index (χ1n) is 8.25. The number of carbonyl (C=O) groups excluding carboxylic acids is 1. The molecule has 0 radical (unpaired) electrons. The highest BCUT2D eigenvalue weighted by Crippen LogP contribution is 2.22. The fraction of sp³-hybridized carbons (Fsp3) is 0.211. The number of halogens is 1. The summed E-state index contributed by atoms with van der Waals surface area (Å²) in [6, 6.07) is 17.0. The van der Waals surface area contributed by atoms with Crippen molar-refractivity contribution in [3.63, 3.8) is 0 Å². The zero-order chi connectivity index (χ0) is 17.6. The SMILES string of the molecule is CCCCNC(=O)c1nc(-c2ccccc2)n(-c2cccc(Cl)c2)n1.